The number of rotatable bonds is 11. The van der Waals surface area contributed by atoms with Crippen LogP contribution in [0.2, 0.25) is 0 Å². The van der Waals surface area contributed by atoms with Gasteiger partial charge in [-0.1, -0.05) is 12.1 Å². The Kier molecular flexibility index (Phi) is 8.57. The lowest BCUT2D eigenvalue weighted by molar-refractivity contribution is -0.385. The maximum atomic E-state index is 10.9. The topological polar surface area (TPSA) is 73.6 Å². The van der Waals surface area contributed by atoms with Crippen LogP contribution in [0.1, 0.15) is 24.0 Å². The van der Waals surface area contributed by atoms with Crippen molar-refractivity contribution >= 4 is 5.69 Å². The van der Waals surface area contributed by atoms with Crippen LogP contribution in [0.3, 0.4) is 0 Å². The summed E-state index contributed by atoms with van der Waals surface area (Å²) in [7, 11) is 1.66. The average molecular weight is 296 g/mol. The predicted octanol–water partition coefficient (Wildman–Crippen LogP) is 2.44. The highest BCUT2D eigenvalue weighted by Crippen LogP contribution is 2.20. The van der Waals surface area contributed by atoms with E-state index in [4.69, 9.17) is 9.47 Å². The fraction of sp³-hybridized carbons (Fsp3) is 0.600. The molecular formula is C15H24N2O4. The van der Waals surface area contributed by atoms with E-state index in [1.807, 2.05) is 6.07 Å². The zero-order valence-electron chi connectivity index (χ0n) is 12.8. The molecule has 0 spiro atoms. The summed E-state index contributed by atoms with van der Waals surface area (Å²) < 4.78 is 10.3. The SMILES string of the molecule is COCCOCCCCNCc1cccc([N+](=O)[O-])c1C. The summed E-state index contributed by atoms with van der Waals surface area (Å²) in [6.07, 6.45) is 2.01. The lowest BCUT2D eigenvalue weighted by atomic mass is 10.1. The molecule has 0 radical (unpaired) electrons. The van der Waals surface area contributed by atoms with Gasteiger partial charge in [0.25, 0.3) is 5.69 Å². The van der Waals surface area contributed by atoms with E-state index in [-0.39, 0.29) is 10.6 Å². The highest BCUT2D eigenvalue weighted by Gasteiger charge is 2.12. The minimum absolute atomic E-state index is 0.181. The second kappa shape index (κ2) is 10.3. The molecule has 118 valence electrons. The van der Waals surface area contributed by atoms with Crippen molar-refractivity contribution in [1.29, 1.82) is 0 Å². The maximum absolute atomic E-state index is 10.9. The number of hydrogen-bond acceptors (Lipinski definition) is 5. The molecule has 0 saturated carbocycles. The number of nitro groups is 1. The molecule has 0 aliphatic carbocycles. The first-order valence-corrected chi connectivity index (χ1v) is 7.17. The van der Waals surface area contributed by atoms with Gasteiger partial charge >= 0.3 is 0 Å². The van der Waals surface area contributed by atoms with Crippen molar-refractivity contribution in [2.75, 3.05) is 33.5 Å². The van der Waals surface area contributed by atoms with Gasteiger partial charge < -0.3 is 14.8 Å². The van der Waals surface area contributed by atoms with Crippen molar-refractivity contribution in [3.05, 3.63) is 39.4 Å². The Morgan fingerprint density at radius 1 is 1.24 bits per heavy atom. The molecule has 0 heterocycles. The number of ether oxygens (including phenoxy) is 2. The molecule has 6 heteroatoms. The third-order valence-corrected chi connectivity index (χ3v) is 3.25. The molecule has 0 bridgehead atoms. The predicted molar refractivity (Wildman–Crippen MR) is 81.5 cm³/mol. The van der Waals surface area contributed by atoms with Crippen LogP contribution in [-0.2, 0) is 16.0 Å². The van der Waals surface area contributed by atoms with Gasteiger partial charge in [0.05, 0.1) is 18.1 Å². The van der Waals surface area contributed by atoms with E-state index in [9.17, 15) is 10.1 Å². The van der Waals surface area contributed by atoms with E-state index in [1.165, 1.54) is 6.07 Å². The Morgan fingerprint density at radius 3 is 2.76 bits per heavy atom. The highest BCUT2D eigenvalue weighted by molar-refractivity contribution is 5.44. The summed E-state index contributed by atoms with van der Waals surface area (Å²) in [5, 5.41) is 14.2. The molecule has 0 unspecified atom stereocenters. The van der Waals surface area contributed by atoms with Gasteiger partial charge in [0.1, 0.15) is 0 Å². The molecule has 0 aliphatic heterocycles. The molecule has 0 saturated heterocycles. The second-order valence-electron chi connectivity index (χ2n) is 4.81. The van der Waals surface area contributed by atoms with Crippen molar-refractivity contribution in [2.24, 2.45) is 0 Å². The highest BCUT2D eigenvalue weighted by atomic mass is 16.6. The molecule has 1 rings (SSSR count). The van der Waals surface area contributed by atoms with Gasteiger partial charge in [-0.15, -0.1) is 0 Å². The lowest BCUT2D eigenvalue weighted by Crippen LogP contribution is -2.16. The lowest BCUT2D eigenvalue weighted by Gasteiger charge is -2.08. The first-order chi connectivity index (χ1) is 10.2. The number of nitrogens with zero attached hydrogens (tertiary/aromatic N) is 1. The van der Waals surface area contributed by atoms with Gasteiger partial charge in [0.2, 0.25) is 0 Å². The second-order valence-corrected chi connectivity index (χ2v) is 4.81. The van der Waals surface area contributed by atoms with Crippen molar-refractivity contribution in [3.8, 4) is 0 Å². The normalized spacial score (nSPS) is 10.8. The number of nitro benzene ring substituents is 1. The first-order valence-electron chi connectivity index (χ1n) is 7.17. The van der Waals surface area contributed by atoms with Gasteiger partial charge in [0, 0.05) is 31.9 Å². The number of nitrogens with one attached hydrogen (secondary N) is 1. The average Bonchev–Trinajstić information content (AvgIpc) is 2.46. The van der Waals surface area contributed by atoms with Crippen molar-refractivity contribution in [2.45, 2.75) is 26.3 Å². The van der Waals surface area contributed by atoms with E-state index in [2.05, 4.69) is 5.32 Å². The first kappa shape index (κ1) is 17.6. The number of benzene rings is 1. The molecule has 1 N–H and O–H groups in total. The molecule has 6 nitrogen and oxygen atoms in total. The summed E-state index contributed by atoms with van der Waals surface area (Å²) in [4.78, 5) is 10.5. The fourth-order valence-corrected chi connectivity index (χ4v) is 1.98. The zero-order valence-corrected chi connectivity index (χ0v) is 12.8. The smallest absolute Gasteiger partial charge is 0.272 e. The fourth-order valence-electron chi connectivity index (χ4n) is 1.98. The molecule has 1 aromatic carbocycles. The van der Waals surface area contributed by atoms with Crippen LogP contribution < -0.4 is 5.32 Å². The van der Waals surface area contributed by atoms with Crippen LogP contribution in [0.25, 0.3) is 0 Å². The van der Waals surface area contributed by atoms with Gasteiger partial charge in [-0.3, -0.25) is 10.1 Å². The monoisotopic (exact) mass is 296 g/mol. The van der Waals surface area contributed by atoms with Gasteiger partial charge in [0.15, 0.2) is 0 Å². The van der Waals surface area contributed by atoms with Crippen LogP contribution in [0.15, 0.2) is 18.2 Å². The molecule has 0 amide bonds. The summed E-state index contributed by atoms with van der Waals surface area (Å²) >= 11 is 0. The van der Waals surface area contributed by atoms with E-state index < -0.39 is 0 Å². The molecule has 21 heavy (non-hydrogen) atoms. The zero-order chi connectivity index (χ0) is 15.5. The van der Waals surface area contributed by atoms with Crippen molar-refractivity contribution in [1.82, 2.24) is 5.32 Å². The molecule has 0 aliphatic rings. The van der Waals surface area contributed by atoms with E-state index in [0.29, 0.717) is 19.8 Å². The third kappa shape index (κ3) is 6.66. The molecule has 0 aromatic heterocycles. The summed E-state index contributed by atoms with van der Waals surface area (Å²) in [6, 6.07) is 5.19. The van der Waals surface area contributed by atoms with Gasteiger partial charge in [-0.2, -0.15) is 0 Å². The van der Waals surface area contributed by atoms with E-state index in [0.717, 1.165) is 37.1 Å². The van der Waals surface area contributed by atoms with E-state index >= 15 is 0 Å². The van der Waals surface area contributed by atoms with Gasteiger partial charge in [-0.05, 0) is 31.9 Å². The van der Waals surface area contributed by atoms with E-state index in [1.54, 1.807) is 20.1 Å². The number of unbranched alkanes of at least 4 members (excludes halogenated alkanes) is 1. The molecular weight excluding hydrogens is 272 g/mol. The number of hydrogen-bond donors (Lipinski definition) is 1. The minimum Gasteiger partial charge on any atom is -0.382 e. The van der Waals surface area contributed by atoms with Crippen LogP contribution in [0, 0.1) is 17.0 Å². The Balaban J connectivity index is 2.19. The summed E-state index contributed by atoms with van der Waals surface area (Å²) in [6.45, 7) is 5.31. The van der Waals surface area contributed by atoms with Crippen LogP contribution >= 0.6 is 0 Å². The quantitative estimate of drug-likeness (QED) is 0.386. The largest absolute Gasteiger partial charge is 0.382 e. The summed E-state index contributed by atoms with van der Waals surface area (Å²) in [5.74, 6) is 0. The Bertz CT molecular complexity index is 438. The maximum Gasteiger partial charge on any atom is 0.272 e. The van der Waals surface area contributed by atoms with Crippen molar-refractivity contribution in [3.63, 3.8) is 0 Å². The Labute approximate surface area is 125 Å². The summed E-state index contributed by atoms with van der Waals surface area (Å²) in [5.41, 5.74) is 1.89. The minimum atomic E-state index is -0.337. The molecule has 0 fully saturated rings. The Hall–Kier alpha value is -1.50. The molecule has 0 atom stereocenters. The van der Waals surface area contributed by atoms with Gasteiger partial charge in [-0.25, -0.2) is 0 Å². The van der Waals surface area contributed by atoms with Crippen LogP contribution in [0.4, 0.5) is 5.69 Å². The Morgan fingerprint density at radius 2 is 2.05 bits per heavy atom. The van der Waals surface area contributed by atoms with Crippen molar-refractivity contribution < 1.29 is 14.4 Å². The van der Waals surface area contributed by atoms with Crippen LogP contribution in [0.5, 0.6) is 0 Å². The number of methoxy groups -OCH3 is 1. The third-order valence-electron chi connectivity index (χ3n) is 3.25. The standard InChI is InChI=1S/C15H24N2O4/c1-13-14(6-5-7-15(13)17(18)19)12-16-8-3-4-9-21-11-10-20-2/h5-7,16H,3-4,8-12H2,1-2H3. The molecule has 1 aromatic rings. The van der Waals surface area contributed by atoms with Crippen LogP contribution in [-0.4, -0.2) is 38.4 Å².